The summed E-state index contributed by atoms with van der Waals surface area (Å²) in [6, 6.07) is 13.7. The molecular weight excluding hydrogens is 614 g/mol. The number of allylic oxidation sites excluding steroid dienone is 1. The third-order valence-corrected chi connectivity index (χ3v) is 9.99. The highest BCUT2D eigenvalue weighted by Crippen LogP contribution is 2.56. The number of nitrogens with one attached hydrogen (secondary N) is 1. The van der Waals surface area contributed by atoms with Crippen LogP contribution in [0.25, 0.3) is 0 Å². The monoisotopic (exact) mass is 657 g/mol. The van der Waals surface area contributed by atoms with Gasteiger partial charge in [-0.25, -0.2) is 0 Å². The van der Waals surface area contributed by atoms with Crippen LogP contribution < -0.4 is 15.0 Å². The maximum Gasteiger partial charge on any atom is 0.313 e. The van der Waals surface area contributed by atoms with Gasteiger partial charge in [-0.15, -0.1) is 0 Å². The maximum absolute atomic E-state index is 15.0. The molecule has 0 aromatic heterocycles. The molecule has 2 aromatic carbocycles. The Morgan fingerprint density at radius 3 is 2.42 bits per heavy atom. The Bertz CT molecular complexity index is 1590. The molecule has 8 atom stereocenters. The summed E-state index contributed by atoms with van der Waals surface area (Å²) in [6.45, 7) is 5.30. The predicted octanol–water partition coefficient (Wildman–Crippen LogP) is 3.33. The Kier molecular flexibility index (Phi) is 9.44. The maximum atomic E-state index is 15.0. The lowest BCUT2D eigenvalue weighted by Crippen LogP contribution is -2.59. The van der Waals surface area contributed by atoms with E-state index in [0.717, 1.165) is 0 Å². The number of ether oxygens (including phenoxy) is 3. The van der Waals surface area contributed by atoms with Crippen LogP contribution in [0.3, 0.4) is 0 Å². The van der Waals surface area contributed by atoms with E-state index >= 15 is 0 Å². The summed E-state index contributed by atoms with van der Waals surface area (Å²) >= 11 is 0. The highest BCUT2D eigenvalue weighted by atomic mass is 16.6. The van der Waals surface area contributed by atoms with E-state index in [1.165, 1.54) is 4.90 Å². The van der Waals surface area contributed by atoms with Crippen molar-refractivity contribution in [2.24, 2.45) is 17.8 Å². The molecule has 2 aromatic rings. The molecule has 2 fully saturated rings. The van der Waals surface area contributed by atoms with E-state index in [1.54, 1.807) is 55.4 Å². The Morgan fingerprint density at radius 1 is 1.02 bits per heavy atom. The Balaban J connectivity index is 1.47. The fourth-order valence-corrected chi connectivity index (χ4v) is 7.59. The number of carbonyl (C=O) groups excluding carboxylic acids is 4. The van der Waals surface area contributed by atoms with Gasteiger partial charge >= 0.3 is 5.97 Å². The molecule has 4 aliphatic rings. The van der Waals surface area contributed by atoms with Gasteiger partial charge in [0.15, 0.2) is 0 Å². The minimum absolute atomic E-state index is 0.141. The van der Waals surface area contributed by atoms with Crippen molar-refractivity contribution in [2.45, 2.75) is 69.5 Å². The van der Waals surface area contributed by atoms with Crippen LogP contribution in [0.2, 0.25) is 0 Å². The van der Waals surface area contributed by atoms with Crippen LogP contribution in [-0.2, 0) is 28.7 Å². The fourth-order valence-electron chi connectivity index (χ4n) is 7.59. The Morgan fingerprint density at radius 2 is 1.75 bits per heavy atom. The molecule has 2 saturated heterocycles. The number of anilines is 1. The first-order valence-corrected chi connectivity index (χ1v) is 16.6. The molecular formula is C37H43N3O8. The van der Waals surface area contributed by atoms with Crippen molar-refractivity contribution in [1.29, 1.82) is 0 Å². The van der Waals surface area contributed by atoms with Crippen LogP contribution in [0.4, 0.5) is 5.69 Å². The summed E-state index contributed by atoms with van der Waals surface area (Å²) in [4.78, 5) is 59.9. The van der Waals surface area contributed by atoms with Crippen molar-refractivity contribution in [3.05, 3.63) is 84.5 Å². The van der Waals surface area contributed by atoms with Crippen molar-refractivity contribution in [1.82, 2.24) is 10.2 Å². The molecule has 254 valence electrons. The lowest BCUT2D eigenvalue weighted by atomic mass is 9.74. The second-order valence-electron chi connectivity index (χ2n) is 13.2. The number of nitrogens with zero attached hydrogens (tertiary/aromatic N) is 2. The van der Waals surface area contributed by atoms with E-state index in [4.69, 9.17) is 14.2 Å². The van der Waals surface area contributed by atoms with Gasteiger partial charge in [-0.1, -0.05) is 68.5 Å². The second kappa shape index (κ2) is 13.6. The van der Waals surface area contributed by atoms with E-state index < -0.39 is 65.6 Å². The van der Waals surface area contributed by atoms with Gasteiger partial charge in [0.25, 0.3) is 5.91 Å². The Labute approximate surface area is 280 Å². The zero-order chi connectivity index (χ0) is 34.2. The van der Waals surface area contributed by atoms with E-state index in [1.807, 2.05) is 56.3 Å². The minimum atomic E-state index is -1.46. The topological polar surface area (TPSA) is 135 Å². The van der Waals surface area contributed by atoms with Crippen molar-refractivity contribution in [2.75, 3.05) is 25.2 Å². The number of fused-ring (bicyclic) bond motifs is 2. The third kappa shape index (κ3) is 5.79. The molecule has 1 spiro atoms. The van der Waals surface area contributed by atoms with Crippen molar-refractivity contribution < 1.29 is 38.5 Å². The molecule has 11 heteroatoms. The summed E-state index contributed by atoms with van der Waals surface area (Å²) in [5, 5.41) is 13.6. The molecule has 48 heavy (non-hydrogen) atoms. The van der Waals surface area contributed by atoms with Gasteiger partial charge in [-0.05, 0) is 49.1 Å². The fraction of sp³-hybridized carbons (Fsp3) is 0.459. The summed E-state index contributed by atoms with van der Waals surface area (Å²) in [6.07, 6.45) is 6.11. The molecule has 5 bridgehead atoms. The molecule has 0 aliphatic carbocycles. The quantitative estimate of drug-likeness (QED) is 0.357. The van der Waals surface area contributed by atoms with Gasteiger partial charge in [0.1, 0.15) is 29.4 Å². The highest BCUT2D eigenvalue weighted by molar-refractivity contribution is 6.05. The van der Waals surface area contributed by atoms with Gasteiger partial charge in [0, 0.05) is 18.7 Å². The number of rotatable bonds is 6. The zero-order valence-corrected chi connectivity index (χ0v) is 27.7. The van der Waals surface area contributed by atoms with Gasteiger partial charge in [-0.2, -0.15) is 0 Å². The van der Waals surface area contributed by atoms with Crippen molar-refractivity contribution in [3.8, 4) is 5.75 Å². The van der Waals surface area contributed by atoms with Crippen molar-refractivity contribution in [3.63, 3.8) is 0 Å². The molecule has 6 rings (SSSR count). The van der Waals surface area contributed by atoms with Crippen LogP contribution in [-0.4, -0.2) is 83.8 Å². The molecule has 2 N–H and O–H groups in total. The number of aliphatic hydroxyl groups excluding tert-OH is 1. The predicted molar refractivity (Wildman–Crippen MR) is 177 cm³/mol. The van der Waals surface area contributed by atoms with Gasteiger partial charge in [0.05, 0.1) is 37.8 Å². The molecule has 4 aliphatic heterocycles. The Hall–Kier alpha value is -4.48. The summed E-state index contributed by atoms with van der Waals surface area (Å²) in [5.41, 5.74) is -0.214. The number of esters is 1. The summed E-state index contributed by atoms with van der Waals surface area (Å²) in [5.74, 6) is -3.45. The average Bonchev–Trinajstić information content (AvgIpc) is 3.73. The van der Waals surface area contributed by atoms with E-state index in [9.17, 15) is 24.3 Å². The van der Waals surface area contributed by atoms with Gasteiger partial charge < -0.3 is 34.4 Å². The second-order valence-corrected chi connectivity index (χ2v) is 13.2. The molecule has 4 heterocycles. The van der Waals surface area contributed by atoms with Crippen LogP contribution in [0.1, 0.15) is 45.3 Å². The number of carbonyl (C=O) groups is 4. The largest absolute Gasteiger partial charge is 0.497 e. The first-order valence-electron chi connectivity index (χ1n) is 16.6. The molecule has 3 amide bonds. The smallest absolute Gasteiger partial charge is 0.313 e. The number of cyclic esters (lactones) is 1. The van der Waals surface area contributed by atoms with Crippen molar-refractivity contribution >= 4 is 29.4 Å². The van der Waals surface area contributed by atoms with Gasteiger partial charge in [0.2, 0.25) is 11.8 Å². The number of hydrogen-bond acceptors (Lipinski definition) is 8. The number of methoxy groups -OCH3 is 1. The minimum Gasteiger partial charge on any atom is -0.497 e. The zero-order valence-electron chi connectivity index (χ0n) is 27.7. The van der Waals surface area contributed by atoms with E-state index in [0.29, 0.717) is 23.4 Å². The van der Waals surface area contributed by atoms with E-state index in [2.05, 4.69) is 5.32 Å². The average molecular weight is 658 g/mol. The molecule has 0 unspecified atom stereocenters. The molecule has 11 nitrogen and oxygen atoms in total. The number of benzene rings is 2. The third-order valence-electron chi connectivity index (χ3n) is 9.99. The normalized spacial score (nSPS) is 31.9. The van der Waals surface area contributed by atoms with Crippen LogP contribution in [0.15, 0.2) is 78.9 Å². The van der Waals surface area contributed by atoms with Gasteiger partial charge in [-0.3, -0.25) is 19.2 Å². The number of amides is 3. The number of aliphatic hydroxyl groups is 1. The highest BCUT2D eigenvalue weighted by Gasteiger charge is 2.74. The molecule has 0 saturated carbocycles. The number of likely N-dealkylation sites (tertiary alicyclic amines) is 1. The standard InChI is InChI=1S/C37H43N3O8/c1-22(2)27(21-41)40-33-35(44)39(25-14-16-26(46-4)17-15-25)20-10-6-9-13-29(42)38-23(3)32(24-11-7-5-8-12-24)47-36(45)30-28-18-19-37(33,48-28)31(30)34(40)43/h5-8,10-12,14-19,22-23,27-28,30-33,41H,9,13,20-21H2,1-4H3,(H,38,42)/b10-6-/t23-,27-,28+,30-,31-,32+,33+,37-/m0/s1. The van der Waals surface area contributed by atoms with Crippen LogP contribution in [0, 0.1) is 17.8 Å². The first kappa shape index (κ1) is 33.4. The van der Waals surface area contributed by atoms with Crippen LogP contribution >= 0.6 is 0 Å². The first-order chi connectivity index (χ1) is 23.1. The summed E-state index contributed by atoms with van der Waals surface area (Å²) in [7, 11) is 1.56. The SMILES string of the molecule is COc1ccc(N2C/C=C\CCC(=O)N[C@@H](C)[C@H](c3ccccc3)OC(=O)[C@@H]3[C@H]4C(=O)N([C@@H](CO)C(C)C)[C@H](C2=O)[C@]42C=C[C@H]3O2)cc1. The summed E-state index contributed by atoms with van der Waals surface area (Å²) < 4.78 is 18.1. The lowest BCUT2D eigenvalue weighted by Gasteiger charge is -2.40. The van der Waals surface area contributed by atoms with Crippen LogP contribution in [0.5, 0.6) is 5.75 Å². The van der Waals surface area contributed by atoms with E-state index in [-0.39, 0.29) is 31.4 Å². The lowest BCUT2D eigenvalue weighted by molar-refractivity contribution is -0.161. The number of hydrogen-bond donors (Lipinski definition) is 2. The molecule has 0 radical (unpaired) electrons.